The third-order valence-electron chi connectivity index (χ3n) is 1.09. The van der Waals surface area contributed by atoms with E-state index in [9.17, 15) is 14.3 Å². The van der Waals surface area contributed by atoms with Crippen LogP contribution in [-0.2, 0) is 5.11 Å². The molecular weight excluding hydrogens is 149 g/mol. The van der Waals surface area contributed by atoms with Crippen molar-refractivity contribution in [3.05, 3.63) is 30.1 Å². The zero-order valence-corrected chi connectivity index (χ0v) is 5.50. The molecular formula is C7H5FNO2. The van der Waals surface area contributed by atoms with Crippen LogP contribution in [0.3, 0.4) is 0 Å². The first-order valence-corrected chi connectivity index (χ1v) is 2.92. The van der Waals surface area contributed by atoms with Crippen LogP contribution in [-0.4, -0.2) is 6.09 Å². The third kappa shape index (κ3) is 2.25. The van der Waals surface area contributed by atoms with Gasteiger partial charge in [-0.05, 0) is 24.3 Å². The van der Waals surface area contributed by atoms with Gasteiger partial charge in [-0.3, -0.25) is 5.32 Å². The SMILES string of the molecule is [O]C(=O)Nc1ccc(F)cc1. The van der Waals surface area contributed by atoms with E-state index in [1.807, 2.05) is 5.32 Å². The lowest BCUT2D eigenvalue weighted by Crippen LogP contribution is -2.05. The van der Waals surface area contributed by atoms with Crippen molar-refractivity contribution in [3.8, 4) is 0 Å². The summed E-state index contributed by atoms with van der Waals surface area (Å²) in [5, 5.41) is 11.9. The van der Waals surface area contributed by atoms with Gasteiger partial charge in [-0.25, -0.2) is 14.3 Å². The topological polar surface area (TPSA) is 49.0 Å². The predicted octanol–water partition coefficient (Wildman–Crippen LogP) is 1.79. The Morgan fingerprint density at radius 2 is 1.82 bits per heavy atom. The van der Waals surface area contributed by atoms with E-state index in [-0.39, 0.29) is 0 Å². The Balaban J connectivity index is 2.74. The highest BCUT2D eigenvalue weighted by atomic mass is 19.1. The molecule has 1 radical (unpaired) electrons. The number of rotatable bonds is 1. The second-order valence-electron chi connectivity index (χ2n) is 1.92. The van der Waals surface area contributed by atoms with E-state index in [2.05, 4.69) is 0 Å². The molecule has 0 saturated carbocycles. The van der Waals surface area contributed by atoms with Crippen molar-refractivity contribution in [3.63, 3.8) is 0 Å². The molecule has 0 bridgehead atoms. The van der Waals surface area contributed by atoms with E-state index < -0.39 is 11.9 Å². The van der Waals surface area contributed by atoms with Crippen LogP contribution >= 0.6 is 0 Å². The molecule has 0 aromatic heterocycles. The molecule has 1 N–H and O–H groups in total. The highest BCUT2D eigenvalue weighted by Gasteiger charge is 1.98. The summed E-state index contributed by atoms with van der Waals surface area (Å²) >= 11 is 0. The summed E-state index contributed by atoms with van der Waals surface area (Å²) in [6.07, 6.45) is -1.41. The van der Waals surface area contributed by atoms with E-state index in [0.717, 1.165) is 12.1 Å². The maximum Gasteiger partial charge on any atom is 0.454 e. The van der Waals surface area contributed by atoms with E-state index in [1.165, 1.54) is 12.1 Å². The fraction of sp³-hybridized carbons (Fsp3) is 0. The zero-order chi connectivity index (χ0) is 8.27. The van der Waals surface area contributed by atoms with E-state index >= 15 is 0 Å². The molecule has 1 aromatic carbocycles. The van der Waals surface area contributed by atoms with Crippen molar-refractivity contribution >= 4 is 11.8 Å². The molecule has 4 heteroatoms. The minimum Gasteiger partial charge on any atom is -0.288 e. The van der Waals surface area contributed by atoms with Gasteiger partial charge in [0.05, 0.1) is 0 Å². The van der Waals surface area contributed by atoms with Crippen LogP contribution in [0, 0.1) is 5.82 Å². The smallest absolute Gasteiger partial charge is 0.288 e. The number of hydrogen-bond donors (Lipinski definition) is 1. The highest BCUT2D eigenvalue weighted by molar-refractivity contribution is 5.82. The molecule has 0 spiro atoms. The summed E-state index contributed by atoms with van der Waals surface area (Å²) in [6.45, 7) is 0. The molecule has 0 fully saturated rings. The molecule has 11 heavy (non-hydrogen) atoms. The second-order valence-corrected chi connectivity index (χ2v) is 1.92. The molecule has 0 aliphatic heterocycles. The number of anilines is 1. The standard InChI is InChI=1S/C7H5FNO2/c8-5-1-3-6(4-2-5)9-7(10)11/h1-4,9H. The van der Waals surface area contributed by atoms with Crippen LogP contribution in [0.4, 0.5) is 14.9 Å². The number of carbonyl (C=O) groups is 1. The number of carbonyl (C=O) groups excluding carboxylic acids is 1. The summed E-state index contributed by atoms with van der Waals surface area (Å²) < 4.78 is 12.2. The number of amides is 1. The van der Waals surface area contributed by atoms with Crippen LogP contribution in [0.1, 0.15) is 0 Å². The fourth-order valence-electron chi connectivity index (χ4n) is 0.651. The Bertz CT molecular complexity index is 258. The van der Waals surface area contributed by atoms with Crippen molar-refractivity contribution in [2.75, 3.05) is 5.32 Å². The first kappa shape index (κ1) is 7.53. The third-order valence-corrected chi connectivity index (χ3v) is 1.09. The molecule has 0 aliphatic carbocycles. The molecule has 0 unspecified atom stereocenters. The second kappa shape index (κ2) is 3.01. The summed E-state index contributed by atoms with van der Waals surface area (Å²) in [7, 11) is 0. The molecule has 1 amide bonds. The first-order valence-electron chi connectivity index (χ1n) is 2.92. The molecule has 1 aromatic rings. The number of benzene rings is 1. The van der Waals surface area contributed by atoms with Crippen molar-refractivity contribution < 1.29 is 14.3 Å². The van der Waals surface area contributed by atoms with Crippen molar-refractivity contribution in [2.24, 2.45) is 0 Å². The summed E-state index contributed by atoms with van der Waals surface area (Å²) in [4.78, 5) is 9.94. The van der Waals surface area contributed by atoms with Crippen LogP contribution in [0.5, 0.6) is 0 Å². The molecule has 0 aliphatic rings. The van der Waals surface area contributed by atoms with Crippen molar-refractivity contribution in [1.82, 2.24) is 0 Å². The van der Waals surface area contributed by atoms with E-state index in [1.54, 1.807) is 0 Å². The monoisotopic (exact) mass is 154 g/mol. The van der Waals surface area contributed by atoms with Crippen LogP contribution in [0.15, 0.2) is 24.3 Å². The molecule has 57 valence electrons. The van der Waals surface area contributed by atoms with Gasteiger partial charge in [0.1, 0.15) is 5.82 Å². The van der Waals surface area contributed by atoms with Gasteiger partial charge in [-0.15, -0.1) is 0 Å². The van der Waals surface area contributed by atoms with Crippen molar-refractivity contribution in [1.29, 1.82) is 0 Å². The molecule has 3 nitrogen and oxygen atoms in total. The average molecular weight is 154 g/mol. The first-order chi connectivity index (χ1) is 5.18. The Morgan fingerprint density at radius 3 is 2.27 bits per heavy atom. The summed E-state index contributed by atoms with van der Waals surface area (Å²) in [6, 6.07) is 4.94. The zero-order valence-electron chi connectivity index (χ0n) is 5.50. The molecule has 1 rings (SSSR count). The van der Waals surface area contributed by atoms with Gasteiger partial charge in [0, 0.05) is 5.69 Å². The Labute approximate surface area is 62.5 Å². The summed E-state index contributed by atoms with van der Waals surface area (Å²) in [5.74, 6) is -0.408. The Morgan fingerprint density at radius 1 is 1.27 bits per heavy atom. The largest absolute Gasteiger partial charge is 0.454 e. The van der Waals surface area contributed by atoms with Gasteiger partial charge in [0.15, 0.2) is 0 Å². The van der Waals surface area contributed by atoms with Gasteiger partial charge in [-0.2, -0.15) is 0 Å². The molecule has 0 atom stereocenters. The normalized spacial score (nSPS) is 9.18. The van der Waals surface area contributed by atoms with Gasteiger partial charge in [0.25, 0.3) is 0 Å². The van der Waals surface area contributed by atoms with Crippen molar-refractivity contribution in [2.45, 2.75) is 0 Å². The van der Waals surface area contributed by atoms with E-state index in [4.69, 9.17) is 0 Å². The lowest BCUT2D eigenvalue weighted by molar-refractivity contribution is 0.185. The number of hydrogen-bond acceptors (Lipinski definition) is 1. The Kier molecular flexibility index (Phi) is 2.06. The van der Waals surface area contributed by atoms with Gasteiger partial charge >= 0.3 is 6.09 Å². The number of halogens is 1. The van der Waals surface area contributed by atoms with Gasteiger partial charge in [0.2, 0.25) is 0 Å². The van der Waals surface area contributed by atoms with Crippen LogP contribution in [0.2, 0.25) is 0 Å². The lowest BCUT2D eigenvalue weighted by Gasteiger charge is -1.96. The van der Waals surface area contributed by atoms with Crippen LogP contribution in [0.25, 0.3) is 0 Å². The lowest BCUT2D eigenvalue weighted by atomic mass is 10.3. The minimum absolute atomic E-state index is 0.298. The fourth-order valence-corrected chi connectivity index (χ4v) is 0.651. The maximum atomic E-state index is 12.2. The summed E-state index contributed by atoms with van der Waals surface area (Å²) in [5.41, 5.74) is 0.298. The predicted molar refractivity (Wildman–Crippen MR) is 36.1 cm³/mol. The average Bonchev–Trinajstić information content (AvgIpc) is 1.93. The van der Waals surface area contributed by atoms with E-state index in [0.29, 0.717) is 5.69 Å². The molecule has 0 saturated heterocycles. The van der Waals surface area contributed by atoms with Gasteiger partial charge < -0.3 is 0 Å². The highest BCUT2D eigenvalue weighted by Crippen LogP contribution is 2.07. The maximum absolute atomic E-state index is 12.2. The van der Waals surface area contributed by atoms with Crippen LogP contribution < -0.4 is 5.32 Å². The minimum atomic E-state index is -1.41. The molecule has 0 heterocycles. The number of nitrogens with one attached hydrogen (secondary N) is 1. The van der Waals surface area contributed by atoms with Gasteiger partial charge in [-0.1, -0.05) is 0 Å². The quantitative estimate of drug-likeness (QED) is 0.658. The Hall–Kier alpha value is -1.58.